The maximum atomic E-state index is 13.5. The summed E-state index contributed by atoms with van der Waals surface area (Å²) >= 11 is 0. The molecule has 4 heterocycles. The number of fused-ring (bicyclic) bond motifs is 7. The molecule has 0 amide bonds. The van der Waals surface area contributed by atoms with E-state index in [0.29, 0.717) is 44.1 Å². The van der Waals surface area contributed by atoms with Gasteiger partial charge < -0.3 is 114 Å². The van der Waals surface area contributed by atoms with E-state index in [1.54, 1.807) is 19.9 Å². The molecule has 490 valence electrons. The summed E-state index contributed by atoms with van der Waals surface area (Å²) in [5.74, 6) is -3.56. The van der Waals surface area contributed by atoms with Crippen molar-refractivity contribution in [2.45, 2.75) is 262 Å². The molecule has 9 aliphatic rings. The number of carboxylic acid groups (broad SMARTS) is 1. The minimum Gasteiger partial charge on any atom is -0.479 e. The number of aliphatic hydroxyl groups excluding tert-OH is 12. The van der Waals surface area contributed by atoms with Gasteiger partial charge in [0, 0.05) is 17.9 Å². The van der Waals surface area contributed by atoms with Crippen LogP contribution in [0.3, 0.4) is 0 Å². The number of hydrogen-bond acceptors (Lipinski definition) is 25. The van der Waals surface area contributed by atoms with Crippen LogP contribution in [0, 0.1) is 50.2 Å². The molecule has 13 N–H and O–H groups in total. The average Bonchev–Trinajstić information content (AvgIpc) is 0.675. The number of allylic oxidation sites excluding steroid dienone is 3. The molecule has 0 bridgehead atoms. The number of esters is 2. The third-order valence-corrected chi connectivity index (χ3v) is 22.6. The van der Waals surface area contributed by atoms with Crippen LogP contribution in [0.15, 0.2) is 23.3 Å². The van der Waals surface area contributed by atoms with Crippen LogP contribution in [-0.4, -0.2) is 245 Å². The smallest absolute Gasteiger partial charge is 0.335 e. The first-order valence-corrected chi connectivity index (χ1v) is 30.3. The molecule has 8 fully saturated rings. The standard InChI is InChI=1S/C60H94O26/c1-12-24(2)50(76)86-47-48(79-26(4)63)60(23-62)28(19-55(47,5)6)27-13-14-32-57(9)17-16-34(56(7,8)31(57)15-18-58(32,10)59(27,11)20-33(60)65)81-54-46(85-52-41(72)39(70)37(68)30(21-61)80-52)43(42(73)44(83-54)49(74)75)82-53-45(36(67)29(64)22-77-53)84-51-40(71)38(69)35(66)25(3)78-51/h12-13,25,28-48,51-54,61-62,64-73H,14-23H2,1-11H3,(H,74,75)/b24-12-/t25-,28?,29-,30+,31?,32?,33+,34-,35-,36-,37-,38+,39-,40+,41+,42-,43-,44-,45+,46+,47-,48-,51-,52-,53-,54+,57-,58+,59+,60-/m0/s1. The lowest BCUT2D eigenvalue weighted by molar-refractivity contribution is -0.400. The summed E-state index contributed by atoms with van der Waals surface area (Å²) in [6.45, 7) is 18.6. The molecule has 5 aliphatic carbocycles. The first-order chi connectivity index (χ1) is 40.1. The minimum atomic E-state index is -2.21. The predicted molar refractivity (Wildman–Crippen MR) is 293 cm³/mol. The summed E-state index contributed by atoms with van der Waals surface area (Å²) in [5.41, 5.74) is -3.18. The van der Waals surface area contributed by atoms with Crippen molar-refractivity contribution in [3.8, 4) is 0 Å². The summed E-state index contributed by atoms with van der Waals surface area (Å²) < 4.78 is 61.3. The summed E-state index contributed by atoms with van der Waals surface area (Å²) in [6, 6.07) is 0. The van der Waals surface area contributed by atoms with E-state index < -0.39 is 217 Å². The topological polar surface area (TPSA) is 407 Å². The van der Waals surface area contributed by atoms with Crippen LogP contribution in [0.4, 0.5) is 0 Å². The number of carbonyl (C=O) groups excluding carboxylic acids is 2. The monoisotopic (exact) mass is 1230 g/mol. The molecule has 26 heteroatoms. The van der Waals surface area contributed by atoms with Gasteiger partial charge in [-0.25, -0.2) is 9.59 Å². The highest BCUT2D eigenvalue weighted by Gasteiger charge is 2.74. The van der Waals surface area contributed by atoms with E-state index in [0.717, 1.165) is 5.57 Å². The Bertz CT molecular complexity index is 2530. The summed E-state index contributed by atoms with van der Waals surface area (Å²) in [6.07, 6.45) is -31.9. The van der Waals surface area contributed by atoms with Crippen LogP contribution in [0.25, 0.3) is 0 Å². The van der Waals surface area contributed by atoms with Gasteiger partial charge >= 0.3 is 17.9 Å². The van der Waals surface area contributed by atoms with Gasteiger partial charge in [0.15, 0.2) is 31.3 Å². The van der Waals surface area contributed by atoms with Crippen molar-refractivity contribution in [1.82, 2.24) is 0 Å². The first-order valence-electron chi connectivity index (χ1n) is 30.3. The molecular weight excluding hydrogens is 1140 g/mol. The number of carbonyl (C=O) groups is 3. The fraction of sp³-hybridized carbons (Fsp3) is 0.883. The number of aliphatic hydroxyl groups is 12. The SMILES string of the molecule is C/C=C(/C)C(=O)O[C@H]1[C@H](OC(C)=O)[C@@]2(CO)C(CC1(C)C)C1=CCC3[C@@]4(C)CC[C@H](O[C@@H]5O[C@H](C(=O)O)[C@@H](O)[C@H](O[C@@H]6OC[C@H](O)[C@H](O)[C@H]6O[C@@H]6O[C@@H](C)[C@H](O)[C@@H](O)[C@H]6O)[C@H]5O[C@@H]5O[C@H](CO)[C@H](O)[C@H](O)[C@H]5O)C(C)(C)C4CC[C@@]3(C)[C@]1(C)C[C@H]2O. The second kappa shape index (κ2) is 24.6. The van der Waals surface area contributed by atoms with Crippen LogP contribution in [0.2, 0.25) is 0 Å². The zero-order valence-electron chi connectivity index (χ0n) is 50.9. The fourth-order valence-electron chi connectivity index (χ4n) is 17.4. The molecule has 0 aromatic heterocycles. The van der Waals surface area contributed by atoms with Gasteiger partial charge in [0.25, 0.3) is 0 Å². The zero-order chi connectivity index (χ0) is 63.5. The molecule has 0 radical (unpaired) electrons. The number of ether oxygens (including phenoxy) is 10. The Morgan fingerprint density at radius 2 is 1.29 bits per heavy atom. The number of aliphatic carboxylic acids is 1. The van der Waals surface area contributed by atoms with Gasteiger partial charge in [-0.05, 0) is 105 Å². The average molecular weight is 1230 g/mol. The number of rotatable bonds is 14. The van der Waals surface area contributed by atoms with Crippen molar-refractivity contribution in [3.63, 3.8) is 0 Å². The normalized spacial score (nSPS) is 50.9. The van der Waals surface area contributed by atoms with E-state index >= 15 is 0 Å². The van der Waals surface area contributed by atoms with Gasteiger partial charge in [0.1, 0.15) is 91.6 Å². The molecule has 86 heavy (non-hydrogen) atoms. The number of carboxylic acids is 1. The summed E-state index contributed by atoms with van der Waals surface area (Å²) in [7, 11) is 0. The van der Waals surface area contributed by atoms with E-state index in [1.165, 1.54) is 13.8 Å². The van der Waals surface area contributed by atoms with Crippen LogP contribution in [-0.2, 0) is 61.8 Å². The molecule has 0 aromatic carbocycles. The van der Waals surface area contributed by atoms with Crippen molar-refractivity contribution < 1.29 is 128 Å². The van der Waals surface area contributed by atoms with Gasteiger partial charge in [-0.15, -0.1) is 0 Å². The van der Waals surface area contributed by atoms with Crippen molar-refractivity contribution in [1.29, 1.82) is 0 Å². The van der Waals surface area contributed by atoms with Crippen molar-refractivity contribution in [2.75, 3.05) is 19.8 Å². The van der Waals surface area contributed by atoms with Crippen molar-refractivity contribution >= 4 is 17.9 Å². The van der Waals surface area contributed by atoms with Gasteiger partial charge in [-0.2, -0.15) is 0 Å². The lowest BCUT2D eigenvalue weighted by Gasteiger charge is -2.72. The van der Waals surface area contributed by atoms with Crippen molar-refractivity contribution in [2.24, 2.45) is 50.2 Å². The molecule has 4 saturated heterocycles. The lowest BCUT2D eigenvalue weighted by atomic mass is 9.33. The molecule has 0 aromatic rings. The summed E-state index contributed by atoms with van der Waals surface area (Å²) in [4.78, 5) is 39.7. The minimum absolute atomic E-state index is 0.0105. The molecule has 3 unspecified atom stereocenters. The lowest BCUT2D eigenvalue weighted by Crippen LogP contribution is -2.72. The molecule has 9 rings (SSSR count). The Kier molecular flexibility index (Phi) is 19.3. The molecule has 4 saturated carbocycles. The van der Waals surface area contributed by atoms with Crippen LogP contribution in [0.1, 0.15) is 121 Å². The van der Waals surface area contributed by atoms with Crippen LogP contribution < -0.4 is 0 Å². The number of hydrogen-bond donors (Lipinski definition) is 13. The Hall–Kier alpha value is -2.91. The van der Waals surface area contributed by atoms with Gasteiger partial charge in [-0.3, -0.25) is 4.79 Å². The van der Waals surface area contributed by atoms with E-state index in [2.05, 4.69) is 26.8 Å². The highest BCUT2D eigenvalue weighted by Crippen LogP contribution is 2.76. The third kappa shape index (κ3) is 11.0. The molecular formula is C60H94O26. The van der Waals surface area contributed by atoms with Crippen LogP contribution >= 0.6 is 0 Å². The second-order valence-corrected chi connectivity index (χ2v) is 28.0. The van der Waals surface area contributed by atoms with Gasteiger partial charge in [0.2, 0.25) is 0 Å². The largest absolute Gasteiger partial charge is 0.479 e. The van der Waals surface area contributed by atoms with Crippen molar-refractivity contribution in [3.05, 3.63) is 23.3 Å². The molecule has 4 aliphatic heterocycles. The highest BCUT2D eigenvalue weighted by molar-refractivity contribution is 5.87. The predicted octanol–water partition coefficient (Wildman–Crippen LogP) is -0.803. The van der Waals surface area contributed by atoms with E-state index in [9.17, 15) is 80.8 Å². The Morgan fingerprint density at radius 1 is 0.663 bits per heavy atom. The van der Waals surface area contributed by atoms with Gasteiger partial charge in [0.05, 0.1) is 43.5 Å². The molecule has 26 nitrogen and oxygen atoms in total. The third-order valence-electron chi connectivity index (χ3n) is 22.6. The second-order valence-electron chi connectivity index (χ2n) is 28.0. The van der Waals surface area contributed by atoms with E-state index in [1.807, 2.05) is 27.7 Å². The molecule has 0 spiro atoms. The maximum absolute atomic E-state index is 13.5. The zero-order valence-corrected chi connectivity index (χ0v) is 50.9. The maximum Gasteiger partial charge on any atom is 0.335 e. The van der Waals surface area contributed by atoms with E-state index in [4.69, 9.17) is 47.4 Å². The fourth-order valence-corrected chi connectivity index (χ4v) is 17.4. The van der Waals surface area contributed by atoms with Gasteiger partial charge in [-0.1, -0.05) is 66.2 Å². The van der Waals surface area contributed by atoms with Crippen LogP contribution in [0.5, 0.6) is 0 Å². The Morgan fingerprint density at radius 3 is 1.91 bits per heavy atom. The quantitative estimate of drug-likeness (QED) is 0.0438. The summed E-state index contributed by atoms with van der Waals surface area (Å²) in [5, 5.41) is 145. The Balaban J connectivity index is 1.04. The first kappa shape index (κ1) is 67.5. The molecule has 30 atom stereocenters. The van der Waals surface area contributed by atoms with E-state index in [-0.39, 0.29) is 18.3 Å². The Labute approximate surface area is 500 Å². The highest BCUT2D eigenvalue weighted by atomic mass is 16.8.